The van der Waals surface area contributed by atoms with Gasteiger partial charge in [0, 0.05) is 66.9 Å². The molecule has 3 heterocycles. The summed E-state index contributed by atoms with van der Waals surface area (Å²) in [5, 5.41) is 2.24. The summed E-state index contributed by atoms with van der Waals surface area (Å²) in [5.41, 5.74) is 12.0. The van der Waals surface area contributed by atoms with Gasteiger partial charge in [-0.2, -0.15) is 6.07 Å². The topological polar surface area (TPSA) is 33.5 Å². The summed E-state index contributed by atoms with van der Waals surface area (Å²) >= 11 is 0. The van der Waals surface area contributed by atoms with E-state index >= 15 is 0 Å². The average molecular weight is 967 g/mol. The van der Waals surface area contributed by atoms with Crippen molar-refractivity contribution in [1.29, 1.82) is 0 Å². The molecule has 8 aromatic rings. The first-order valence-corrected chi connectivity index (χ1v) is 20.5. The number of para-hydroxylation sites is 3. The van der Waals surface area contributed by atoms with Gasteiger partial charge in [0.1, 0.15) is 5.82 Å². The number of rotatable bonds is 6. The van der Waals surface area contributed by atoms with Crippen molar-refractivity contribution in [1.82, 2.24) is 9.55 Å². The number of hydrogen-bond acceptors (Lipinski definition) is 4. The molecule has 9 rings (SSSR count). The van der Waals surface area contributed by atoms with Crippen LogP contribution in [0.3, 0.4) is 0 Å². The molecule has 0 spiro atoms. The second kappa shape index (κ2) is 15.4. The first kappa shape index (κ1) is 41.1. The molecule has 0 bridgehead atoms. The van der Waals surface area contributed by atoms with Gasteiger partial charge in [0.25, 0.3) is 0 Å². The molecule has 0 saturated carbocycles. The minimum Gasteiger partial charge on any atom is -0.509 e. The summed E-state index contributed by atoms with van der Waals surface area (Å²) in [4.78, 5) is 9.44. The van der Waals surface area contributed by atoms with Crippen molar-refractivity contribution >= 4 is 44.6 Å². The Kier molecular flexibility index (Phi) is 10.6. The van der Waals surface area contributed by atoms with Crippen LogP contribution in [-0.2, 0) is 37.3 Å². The maximum absolute atomic E-state index is 6.82. The monoisotopic (exact) mass is 966 g/mol. The number of pyridine rings is 1. The number of ether oxygens (including phenoxy) is 1. The predicted octanol–water partition coefficient (Wildman–Crippen LogP) is 14.5. The summed E-state index contributed by atoms with van der Waals surface area (Å²) in [7, 11) is 0. The Morgan fingerprint density at radius 1 is 0.533 bits per heavy atom. The second-order valence-electron chi connectivity index (χ2n) is 18.8. The van der Waals surface area contributed by atoms with E-state index in [0.29, 0.717) is 11.5 Å². The zero-order valence-electron chi connectivity index (χ0n) is 35.9. The molecule has 0 aliphatic carbocycles. The van der Waals surface area contributed by atoms with Crippen LogP contribution in [0, 0.1) is 18.8 Å². The Labute approximate surface area is 369 Å². The third-order valence-corrected chi connectivity index (χ3v) is 11.4. The maximum Gasteiger partial charge on any atom is 0.135 e. The molecular formula is C54H51N4OPt-3. The van der Waals surface area contributed by atoms with Crippen LogP contribution in [0.2, 0.25) is 0 Å². The molecule has 0 N–H and O–H groups in total. The van der Waals surface area contributed by atoms with E-state index < -0.39 is 0 Å². The van der Waals surface area contributed by atoms with E-state index in [1.807, 2.05) is 12.3 Å². The van der Waals surface area contributed by atoms with Gasteiger partial charge in [0.2, 0.25) is 0 Å². The average Bonchev–Trinajstić information content (AvgIpc) is 3.76. The second-order valence-corrected chi connectivity index (χ2v) is 18.8. The van der Waals surface area contributed by atoms with Gasteiger partial charge in [-0.15, -0.1) is 53.6 Å². The molecule has 0 atom stereocenters. The molecule has 306 valence electrons. The SMILES string of the molecule is CC(C)(C)c1cc(Oc2[c-]c3c(cc2)c2ccccc2n3-c2cc(C(C)(C)C)ccn2)[c-]c(N2[CH-]N(c3cc(C(C)(C)C)ccc3-c3ccccc3)c3ccccc32)c1.[Pt]. The fourth-order valence-corrected chi connectivity index (χ4v) is 8.00. The largest absolute Gasteiger partial charge is 0.509 e. The van der Waals surface area contributed by atoms with Crippen LogP contribution in [-0.4, -0.2) is 9.55 Å². The molecule has 0 radical (unpaired) electrons. The molecular weight excluding hydrogens is 916 g/mol. The molecule has 6 aromatic carbocycles. The Balaban J connectivity index is 0.00000499. The first-order valence-electron chi connectivity index (χ1n) is 20.5. The van der Waals surface area contributed by atoms with Gasteiger partial charge in [-0.05, 0) is 74.7 Å². The van der Waals surface area contributed by atoms with Crippen molar-refractivity contribution in [3.63, 3.8) is 0 Å². The van der Waals surface area contributed by atoms with Crippen molar-refractivity contribution in [2.24, 2.45) is 0 Å². The summed E-state index contributed by atoms with van der Waals surface area (Å²) < 4.78 is 9.02. The van der Waals surface area contributed by atoms with Crippen LogP contribution in [0.15, 0.2) is 140 Å². The van der Waals surface area contributed by atoms with Crippen LogP contribution in [0.25, 0.3) is 38.8 Å². The van der Waals surface area contributed by atoms with Crippen LogP contribution in [0.1, 0.15) is 79.0 Å². The number of nitrogens with zero attached hydrogens (tertiary/aromatic N) is 4. The molecule has 1 aliphatic heterocycles. The van der Waals surface area contributed by atoms with Gasteiger partial charge in [-0.1, -0.05) is 141 Å². The molecule has 5 nitrogen and oxygen atoms in total. The fourth-order valence-electron chi connectivity index (χ4n) is 8.00. The van der Waals surface area contributed by atoms with Crippen molar-refractivity contribution in [3.8, 4) is 28.4 Å². The van der Waals surface area contributed by atoms with Crippen LogP contribution >= 0.6 is 0 Å². The minimum absolute atomic E-state index is 0. The van der Waals surface area contributed by atoms with E-state index in [0.717, 1.165) is 55.9 Å². The third-order valence-electron chi connectivity index (χ3n) is 11.4. The fraction of sp³-hybridized carbons (Fsp3) is 0.222. The van der Waals surface area contributed by atoms with E-state index in [2.05, 4.69) is 223 Å². The number of hydrogen-bond donors (Lipinski definition) is 0. The molecule has 1 aliphatic rings. The molecule has 0 unspecified atom stereocenters. The normalized spacial score (nSPS) is 13.2. The molecule has 2 aromatic heterocycles. The Hall–Kier alpha value is -5.64. The number of anilines is 4. The van der Waals surface area contributed by atoms with Gasteiger partial charge in [0.05, 0.1) is 0 Å². The zero-order chi connectivity index (χ0) is 41.3. The van der Waals surface area contributed by atoms with E-state index in [9.17, 15) is 0 Å². The van der Waals surface area contributed by atoms with Gasteiger partial charge >= 0.3 is 0 Å². The molecule has 0 saturated heterocycles. The van der Waals surface area contributed by atoms with Crippen molar-refractivity contribution in [2.75, 3.05) is 9.80 Å². The van der Waals surface area contributed by atoms with Gasteiger partial charge in [-0.25, -0.2) is 4.98 Å². The summed E-state index contributed by atoms with van der Waals surface area (Å²) in [6, 6.07) is 54.8. The smallest absolute Gasteiger partial charge is 0.135 e. The summed E-state index contributed by atoms with van der Waals surface area (Å²) in [6.07, 6.45) is 1.91. The maximum atomic E-state index is 6.82. The van der Waals surface area contributed by atoms with Crippen molar-refractivity contribution < 1.29 is 25.8 Å². The Morgan fingerprint density at radius 3 is 1.90 bits per heavy atom. The van der Waals surface area contributed by atoms with Gasteiger partial charge in [0.15, 0.2) is 0 Å². The van der Waals surface area contributed by atoms with Crippen molar-refractivity contribution in [3.05, 3.63) is 175 Å². The predicted molar refractivity (Wildman–Crippen MR) is 246 cm³/mol. The van der Waals surface area contributed by atoms with Gasteiger partial charge < -0.3 is 19.1 Å². The number of aromatic nitrogens is 2. The Morgan fingerprint density at radius 2 is 1.18 bits per heavy atom. The van der Waals surface area contributed by atoms with Crippen LogP contribution in [0.4, 0.5) is 22.7 Å². The van der Waals surface area contributed by atoms with E-state index in [4.69, 9.17) is 9.72 Å². The first-order chi connectivity index (χ1) is 28.1. The number of benzene rings is 6. The van der Waals surface area contributed by atoms with E-state index in [1.54, 1.807) is 0 Å². The van der Waals surface area contributed by atoms with Crippen LogP contribution < -0.4 is 14.5 Å². The standard InChI is InChI=1S/C54H51N4O.Pt/c1-52(2,3)37-23-25-43(36-17-11-10-12-18-36)49(31-37)57-35-56(47-21-15-16-22-48(47)57)40-29-39(54(7,8)9)30-42(33-40)59-41-24-26-45-44-19-13-14-20-46(44)58(50(45)34-41)51-32-38(27-28-55-51)53(4,5)6;/h10-32,35H,1-9H3;/q-3;. The Bertz CT molecular complexity index is 2860. The summed E-state index contributed by atoms with van der Waals surface area (Å²) in [5.74, 6) is 2.10. The zero-order valence-corrected chi connectivity index (χ0v) is 38.1. The van der Waals surface area contributed by atoms with E-state index in [1.165, 1.54) is 22.3 Å². The molecule has 0 amide bonds. The van der Waals surface area contributed by atoms with Crippen molar-refractivity contribution in [2.45, 2.75) is 78.6 Å². The molecule has 0 fully saturated rings. The number of fused-ring (bicyclic) bond motifs is 4. The molecule has 6 heteroatoms. The summed E-state index contributed by atoms with van der Waals surface area (Å²) in [6.45, 7) is 22.4. The third kappa shape index (κ3) is 7.65. The van der Waals surface area contributed by atoms with E-state index in [-0.39, 0.29) is 37.3 Å². The van der Waals surface area contributed by atoms with Crippen LogP contribution in [0.5, 0.6) is 11.5 Å². The van der Waals surface area contributed by atoms with Gasteiger partial charge in [-0.3, -0.25) is 0 Å². The minimum atomic E-state index is -0.160. The molecule has 60 heavy (non-hydrogen) atoms. The quantitative estimate of drug-likeness (QED) is 0.156.